The van der Waals surface area contributed by atoms with E-state index in [0.717, 1.165) is 5.56 Å². The molecular formula is C24H26N4O5. The number of aliphatic hydroxyl groups excluding tert-OH is 1. The number of hydrogen-bond donors (Lipinski definition) is 1. The molecule has 9 nitrogen and oxygen atoms in total. The molecule has 1 aliphatic rings. The maximum atomic E-state index is 13.0. The Morgan fingerprint density at radius 3 is 2.76 bits per heavy atom. The van der Waals surface area contributed by atoms with Gasteiger partial charge in [0.15, 0.2) is 6.10 Å². The highest BCUT2D eigenvalue weighted by Gasteiger charge is 2.54. The number of hydrogen-bond acceptors (Lipinski definition) is 7. The molecule has 0 unspecified atom stereocenters. The number of azide groups is 1. The van der Waals surface area contributed by atoms with Gasteiger partial charge in [-0.25, -0.2) is 9.79 Å². The lowest BCUT2D eigenvalue weighted by Gasteiger charge is -2.29. The predicted octanol–water partition coefficient (Wildman–Crippen LogP) is 4.26. The van der Waals surface area contributed by atoms with E-state index < -0.39 is 17.6 Å². The Labute approximate surface area is 191 Å². The molecule has 0 saturated heterocycles. The average molecular weight is 450 g/mol. The predicted molar refractivity (Wildman–Crippen MR) is 123 cm³/mol. The van der Waals surface area contributed by atoms with E-state index in [9.17, 15) is 4.79 Å². The van der Waals surface area contributed by atoms with E-state index in [1.807, 2.05) is 24.3 Å². The second-order valence-corrected chi connectivity index (χ2v) is 7.36. The number of rotatable bonds is 11. The molecule has 0 fully saturated rings. The van der Waals surface area contributed by atoms with Crippen LogP contribution in [-0.2, 0) is 20.8 Å². The third kappa shape index (κ3) is 5.16. The van der Waals surface area contributed by atoms with E-state index in [1.54, 1.807) is 30.3 Å². The molecule has 2 aromatic carbocycles. The van der Waals surface area contributed by atoms with Gasteiger partial charge >= 0.3 is 5.97 Å². The minimum Gasteiger partial charge on any atom is -0.494 e. The Morgan fingerprint density at radius 1 is 1.33 bits per heavy atom. The standard InChI is InChI=1S/C24H26N4O5/c1-3-13-24(23(30)31-2)21(20-8-5-4-7-18(20)16-26-28-25)33-22(27-24)17-9-11-19(12-10-17)32-15-6-14-29/h3-5,7-12,21,29H,1,6,13-16H2,2H3/t21-,24-/m0/s1. The molecular weight excluding hydrogens is 424 g/mol. The summed E-state index contributed by atoms with van der Waals surface area (Å²) in [6.07, 6.45) is 1.53. The minimum atomic E-state index is -1.38. The first-order valence-electron chi connectivity index (χ1n) is 10.5. The third-order valence-corrected chi connectivity index (χ3v) is 5.27. The number of methoxy groups -OCH3 is 1. The van der Waals surface area contributed by atoms with Crippen molar-refractivity contribution in [3.05, 3.63) is 88.3 Å². The van der Waals surface area contributed by atoms with E-state index in [1.165, 1.54) is 7.11 Å². The van der Waals surface area contributed by atoms with E-state index in [-0.39, 0.29) is 25.5 Å². The zero-order valence-electron chi connectivity index (χ0n) is 18.4. The summed E-state index contributed by atoms with van der Waals surface area (Å²) in [6.45, 7) is 4.37. The highest BCUT2D eigenvalue weighted by atomic mass is 16.5. The Bertz CT molecular complexity index is 1060. The van der Waals surface area contributed by atoms with Crippen molar-refractivity contribution in [1.29, 1.82) is 0 Å². The average Bonchev–Trinajstić information content (AvgIpc) is 3.23. The van der Waals surface area contributed by atoms with Crippen molar-refractivity contribution >= 4 is 11.9 Å². The van der Waals surface area contributed by atoms with E-state index >= 15 is 0 Å². The van der Waals surface area contributed by atoms with Gasteiger partial charge in [0.25, 0.3) is 0 Å². The van der Waals surface area contributed by atoms with Crippen molar-refractivity contribution < 1.29 is 24.1 Å². The van der Waals surface area contributed by atoms with Crippen molar-refractivity contribution in [2.75, 3.05) is 20.3 Å². The van der Waals surface area contributed by atoms with E-state index in [4.69, 9.17) is 29.8 Å². The molecule has 1 N–H and O–H groups in total. The van der Waals surface area contributed by atoms with Crippen LogP contribution in [0.15, 0.2) is 71.3 Å². The third-order valence-electron chi connectivity index (χ3n) is 5.27. The maximum absolute atomic E-state index is 13.0. The number of aliphatic hydroxyl groups is 1. The van der Waals surface area contributed by atoms with Crippen LogP contribution in [0.4, 0.5) is 0 Å². The lowest BCUT2D eigenvalue weighted by Crippen LogP contribution is -2.41. The van der Waals surface area contributed by atoms with Crippen LogP contribution in [0.3, 0.4) is 0 Å². The molecule has 9 heteroatoms. The summed E-state index contributed by atoms with van der Waals surface area (Å²) in [5.41, 5.74) is 9.46. The van der Waals surface area contributed by atoms with Crippen LogP contribution in [0, 0.1) is 0 Å². The molecule has 3 rings (SSSR count). The number of nitrogens with zero attached hydrogens (tertiary/aromatic N) is 4. The second kappa shape index (κ2) is 11.2. The summed E-state index contributed by atoms with van der Waals surface area (Å²) in [5, 5.41) is 12.6. The first kappa shape index (κ1) is 23.8. The summed E-state index contributed by atoms with van der Waals surface area (Å²) in [4.78, 5) is 20.6. The molecule has 1 aliphatic heterocycles. The zero-order valence-corrected chi connectivity index (χ0v) is 18.4. The first-order chi connectivity index (χ1) is 16.1. The smallest absolute Gasteiger partial charge is 0.338 e. The summed E-state index contributed by atoms with van der Waals surface area (Å²) < 4.78 is 17.0. The second-order valence-electron chi connectivity index (χ2n) is 7.36. The van der Waals surface area contributed by atoms with Crippen molar-refractivity contribution in [3.63, 3.8) is 0 Å². The monoisotopic (exact) mass is 450 g/mol. The van der Waals surface area contributed by atoms with Crippen LogP contribution >= 0.6 is 0 Å². The molecule has 2 atom stereocenters. The quantitative estimate of drug-likeness (QED) is 0.137. The molecule has 0 saturated carbocycles. The topological polar surface area (TPSA) is 126 Å². The molecule has 33 heavy (non-hydrogen) atoms. The van der Waals surface area contributed by atoms with Crippen LogP contribution < -0.4 is 4.74 Å². The fourth-order valence-electron chi connectivity index (χ4n) is 3.70. The SMILES string of the molecule is C=CC[C@]1(C(=O)OC)N=C(c2ccc(OCCCO)cc2)O[C@H]1c1ccccc1CN=[N+]=[N-]. The van der Waals surface area contributed by atoms with Crippen LogP contribution in [0.2, 0.25) is 0 Å². The lowest BCUT2D eigenvalue weighted by molar-refractivity contribution is -0.149. The number of benzene rings is 2. The molecule has 0 spiro atoms. The molecule has 2 aromatic rings. The summed E-state index contributed by atoms with van der Waals surface area (Å²) in [5.74, 6) is 0.380. The Balaban J connectivity index is 2.01. The number of ether oxygens (including phenoxy) is 3. The minimum absolute atomic E-state index is 0.0597. The number of aliphatic imine (C=N–C) groups is 1. The fraction of sp³-hybridized carbons (Fsp3) is 0.333. The first-order valence-corrected chi connectivity index (χ1v) is 10.5. The molecule has 0 aliphatic carbocycles. The number of carbonyl (C=O) groups excluding carboxylic acids is 1. The van der Waals surface area contributed by atoms with E-state index in [2.05, 4.69) is 16.6 Å². The number of esters is 1. The Hall–Kier alpha value is -3.81. The van der Waals surface area contributed by atoms with Crippen LogP contribution in [0.25, 0.3) is 10.4 Å². The van der Waals surface area contributed by atoms with Gasteiger partial charge in [-0.2, -0.15) is 0 Å². The largest absolute Gasteiger partial charge is 0.494 e. The fourth-order valence-corrected chi connectivity index (χ4v) is 3.70. The number of carbonyl (C=O) groups is 1. The Kier molecular flexibility index (Phi) is 8.07. The van der Waals surface area contributed by atoms with Crippen molar-refractivity contribution in [2.24, 2.45) is 10.1 Å². The maximum Gasteiger partial charge on any atom is 0.338 e. The van der Waals surface area contributed by atoms with Gasteiger partial charge < -0.3 is 19.3 Å². The molecule has 0 radical (unpaired) electrons. The molecule has 0 amide bonds. The molecule has 172 valence electrons. The van der Waals surface area contributed by atoms with Gasteiger partial charge in [0.05, 0.1) is 20.3 Å². The lowest BCUT2D eigenvalue weighted by atomic mass is 9.83. The highest BCUT2D eigenvalue weighted by Crippen LogP contribution is 2.44. The van der Waals surface area contributed by atoms with Crippen molar-refractivity contribution in [3.8, 4) is 5.75 Å². The van der Waals surface area contributed by atoms with Crippen molar-refractivity contribution in [2.45, 2.75) is 31.0 Å². The van der Waals surface area contributed by atoms with Crippen molar-refractivity contribution in [1.82, 2.24) is 0 Å². The van der Waals surface area contributed by atoms with E-state index in [0.29, 0.717) is 29.9 Å². The zero-order chi connectivity index (χ0) is 23.7. The summed E-state index contributed by atoms with van der Waals surface area (Å²) >= 11 is 0. The van der Waals surface area contributed by atoms with Gasteiger partial charge in [0.1, 0.15) is 5.75 Å². The van der Waals surface area contributed by atoms with Crippen LogP contribution in [-0.4, -0.2) is 42.8 Å². The summed E-state index contributed by atoms with van der Waals surface area (Å²) in [7, 11) is 1.31. The molecule has 0 aromatic heterocycles. The van der Waals surface area contributed by atoms with Gasteiger partial charge in [-0.3, -0.25) is 0 Å². The van der Waals surface area contributed by atoms with Crippen LogP contribution in [0.5, 0.6) is 5.75 Å². The van der Waals surface area contributed by atoms with Gasteiger partial charge in [-0.1, -0.05) is 35.5 Å². The van der Waals surface area contributed by atoms with Gasteiger partial charge in [0.2, 0.25) is 11.4 Å². The van der Waals surface area contributed by atoms with Gasteiger partial charge in [-0.15, -0.1) is 6.58 Å². The highest BCUT2D eigenvalue weighted by molar-refractivity contribution is 6.00. The van der Waals surface area contributed by atoms with Gasteiger partial charge in [0, 0.05) is 29.9 Å². The molecule has 0 bridgehead atoms. The Morgan fingerprint density at radius 2 is 2.09 bits per heavy atom. The normalized spacial score (nSPS) is 19.1. The van der Waals surface area contributed by atoms with Crippen LogP contribution in [0.1, 0.15) is 35.6 Å². The van der Waals surface area contributed by atoms with Gasteiger partial charge in [-0.05, 0) is 40.9 Å². The molecule has 1 heterocycles. The summed E-state index contributed by atoms with van der Waals surface area (Å²) in [6, 6.07) is 14.4.